The van der Waals surface area contributed by atoms with Crippen molar-refractivity contribution in [2.75, 3.05) is 6.61 Å². The molecular weight excluding hydrogens is 164 g/mol. The average molecular weight is 174 g/mol. The number of hydrogen-bond donors (Lipinski definition) is 0. The van der Waals surface area contributed by atoms with E-state index in [1.165, 1.54) is 0 Å². The van der Waals surface area contributed by atoms with Gasteiger partial charge in [-0.2, -0.15) is 0 Å². The molecule has 0 aliphatic carbocycles. The first-order valence-corrected chi connectivity index (χ1v) is 4.25. The minimum Gasteiger partial charge on any atom is -0.500 e. The smallest absolute Gasteiger partial charge is 0.173 e. The van der Waals surface area contributed by atoms with Crippen molar-refractivity contribution in [2.24, 2.45) is 5.92 Å². The number of benzene rings is 1. The van der Waals surface area contributed by atoms with Gasteiger partial charge in [0.1, 0.15) is 6.61 Å². The fourth-order valence-corrected chi connectivity index (χ4v) is 1.34. The van der Waals surface area contributed by atoms with Crippen LogP contribution in [0.2, 0.25) is 0 Å². The third kappa shape index (κ3) is 1.61. The Bertz CT molecular complexity index is 327. The topological polar surface area (TPSA) is 26.3 Å². The number of ether oxygens (including phenoxy) is 1. The molecule has 1 unspecified atom stereocenters. The molecule has 0 bridgehead atoms. The molecule has 0 spiro atoms. The standard InChI is InChI=1S/C11H10O2/c12-11(10-6-7-13-8-10)9-4-2-1-3-5-9/h1-7,10H,8H2. The summed E-state index contributed by atoms with van der Waals surface area (Å²) in [5.74, 6) is 0.0387. The van der Waals surface area contributed by atoms with Gasteiger partial charge in [-0.05, 0) is 6.08 Å². The van der Waals surface area contributed by atoms with Gasteiger partial charge >= 0.3 is 0 Å². The molecule has 1 aromatic rings. The van der Waals surface area contributed by atoms with E-state index in [4.69, 9.17) is 4.74 Å². The van der Waals surface area contributed by atoms with Gasteiger partial charge in [-0.3, -0.25) is 4.79 Å². The fraction of sp³-hybridized carbons (Fsp3) is 0.182. The Hall–Kier alpha value is -1.57. The first kappa shape index (κ1) is 8.05. The number of hydrogen-bond acceptors (Lipinski definition) is 2. The molecular formula is C11H10O2. The van der Waals surface area contributed by atoms with E-state index in [1.807, 2.05) is 30.3 Å². The van der Waals surface area contributed by atoms with Crippen molar-refractivity contribution in [1.82, 2.24) is 0 Å². The molecule has 1 atom stereocenters. The lowest BCUT2D eigenvalue weighted by molar-refractivity contribution is 0.0915. The maximum atomic E-state index is 11.7. The molecule has 0 fully saturated rings. The summed E-state index contributed by atoms with van der Waals surface area (Å²) in [6.45, 7) is 0.480. The number of ketones is 1. The van der Waals surface area contributed by atoms with Crippen LogP contribution in [0.3, 0.4) is 0 Å². The largest absolute Gasteiger partial charge is 0.500 e. The lowest BCUT2D eigenvalue weighted by Gasteiger charge is -2.04. The zero-order valence-corrected chi connectivity index (χ0v) is 7.14. The van der Waals surface area contributed by atoms with Crippen molar-refractivity contribution in [3.63, 3.8) is 0 Å². The maximum Gasteiger partial charge on any atom is 0.173 e. The molecule has 0 saturated heterocycles. The Kier molecular flexibility index (Phi) is 2.13. The normalized spacial score (nSPS) is 19.8. The van der Waals surface area contributed by atoms with Crippen LogP contribution in [0.4, 0.5) is 0 Å². The highest BCUT2D eigenvalue weighted by atomic mass is 16.5. The third-order valence-electron chi connectivity index (χ3n) is 2.08. The number of carbonyl (C=O) groups excluding carboxylic acids is 1. The van der Waals surface area contributed by atoms with E-state index in [0.29, 0.717) is 6.61 Å². The van der Waals surface area contributed by atoms with Crippen LogP contribution in [-0.4, -0.2) is 12.4 Å². The predicted molar refractivity (Wildman–Crippen MR) is 49.4 cm³/mol. The molecule has 66 valence electrons. The molecule has 0 radical (unpaired) electrons. The number of Topliss-reactive ketones (excluding diaryl/α,β-unsaturated/α-hetero) is 1. The highest BCUT2D eigenvalue weighted by Crippen LogP contribution is 2.14. The summed E-state index contributed by atoms with van der Waals surface area (Å²) in [6, 6.07) is 9.29. The second-order valence-corrected chi connectivity index (χ2v) is 3.00. The third-order valence-corrected chi connectivity index (χ3v) is 2.08. The molecule has 13 heavy (non-hydrogen) atoms. The SMILES string of the molecule is O=C(c1ccccc1)C1C=COC1. The molecule has 1 aliphatic heterocycles. The minimum absolute atomic E-state index is 0.0950. The van der Waals surface area contributed by atoms with Crippen molar-refractivity contribution >= 4 is 5.78 Å². The monoisotopic (exact) mass is 174 g/mol. The Balaban J connectivity index is 2.18. The van der Waals surface area contributed by atoms with Crippen LogP contribution >= 0.6 is 0 Å². The molecule has 0 saturated carbocycles. The summed E-state index contributed by atoms with van der Waals surface area (Å²) in [5, 5.41) is 0. The predicted octanol–water partition coefficient (Wildman–Crippen LogP) is 2.03. The molecule has 1 aliphatic rings. The second kappa shape index (κ2) is 3.44. The second-order valence-electron chi connectivity index (χ2n) is 3.00. The van der Waals surface area contributed by atoms with E-state index < -0.39 is 0 Å². The van der Waals surface area contributed by atoms with Crippen LogP contribution in [0.1, 0.15) is 10.4 Å². The first-order chi connectivity index (χ1) is 6.38. The average Bonchev–Trinajstić information content (AvgIpc) is 2.71. The van der Waals surface area contributed by atoms with Crippen LogP contribution < -0.4 is 0 Å². The van der Waals surface area contributed by atoms with Gasteiger partial charge in [0.25, 0.3) is 0 Å². The van der Waals surface area contributed by atoms with Crippen molar-refractivity contribution in [2.45, 2.75) is 0 Å². The summed E-state index contributed by atoms with van der Waals surface area (Å²) in [5.41, 5.74) is 0.752. The fourth-order valence-electron chi connectivity index (χ4n) is 1.34. The van der Waals surface area contributed by atoms with E-state index in [2.05, 4.69) is 0 Å². The highest BCUT2D eigenvalue weighted by Gasteiger charge is 2.20. The van der Waals surface area contributed by atoms with Crippen LogP contribution in [-0.2, 0) is 4.74 Å². The van der Waals surface area contributed by atoms with Gasteiger partial charge in [-0.15, -0.1) is 0 Å². The van der Waals surface area contributed by atoms with Crippen LogP contribution in [0.15, 0.2) is 42.7 Å². The summed E-state index contributed by atoms with van der Waals surface area (Å²) in [6.07, 6.45) is 3.39. The van der Waals surface area contributed by atoms with Crippen molar-refractivity contribution in [3.05, 3.63) is 48.2 Å². The Labute approximate surface area is 76.8 Å². The quantitative estimate of drug-likeness (QED) is 0.641. The van der Waals surface area contributed by atoms with Crippen LogP contribution in [0.25, 0.3) is 0 Å². The lowest BCUT2D eigenvalue weighted by Crippen LogP contribution is -2.13. The van der Waals surface area contributed by atoms with Crippen LogP contribution in [0.5, 0.6) is 0 Å². The number of rotatable bonds is 2. The Morgan fingerprint density at radius 1 is 1.31 bits per heavy atom. The maximum absolute atomic E-state index is 11.7. The van der Waals surface area contributed by atoms with Gasteiger partial charge in [0, 0.05) is 5.56 Å². The molecule has 2 nitrogen and oxygen atoms in total. The highest BCUT2D eigenvalue weighted by molar-refractivity contribution is 5.99. The van der Waals surface area contributed by atoms with Gasteiger partial charge in [-0.1, -0.05) is 30.3 Å². The van der Waals surface area contributed by atoms with E-state index >= 15 is 0 Å². The van der Waals surface area contributed by atoms with Crippen molar-refractivity contribution < 1.29 is 9.53 Å². The van der Waals surface area contributed by atoms with E-state index in [-0.39, 0.29) is 11.7 Å². The van der Waals surface area contributed by atoms with Gasteiger partial charge in [0.05, 0.1) is 12.2 Å². The molecule has 0 amide bonds. The molecule has 2 rings (SSSR count). The van der Waals surface area contributed by atoms with Gasteiger partial charge in [0.15, 0.2) is 5.78 Å². The molecule has 2 heteroatoms. The minimum atomic E-state index is -0.0950. The van der Waals surface area contributed by atoms with E-state index in [9.17, 15) is 4.79 Å². The zero-order chi connectivity index (χ0) is 9.10. The first-order valence-electron chi connectivity index (χ1n) is 4.25. The number of carbonyl (C=O) groups is 1. The Morgan fingerprint density at radius 2 is 2.08 bits per heavy atom. The van der Waals surface area contributed by atoms with E-state index in [0.717, 1.165) is 5.56 Å². The molecule has 1 aromatic carbocycles. The summed E-state index contributed by atoms with van der Waals surface area (Å²) < 4.78 is 5.00. The van der Waals surface area contributed by atoms with Crippen molar-refractivity contribution in [3.8, 4) is 0 Å². The van der Waals surface area contributed by atoms with Gasteiger partial charge < -0.3 is 4.74 Å². The zero-order valence-electron chi connectivity index (χ0n) is 7.14. The molecule has 0 aromatic heterocycles. The van der Waals surface area contributed by atoms with Gasteiger partial charge in [-0.25, -0.2) is 0 Å². The van der Waals surface area contributed by atoms with E-state index in [1.54, 1.807) is 12.3 Å². The molecule has 1 heterocycles. The Morgan fingerprint density at radius 3 is 2.69 bits per heavy atom. The summed E-state index contributed by atoms with van der Waals surface area (Å²) in [4.78, 5) is 11.7. The molecule has 0 N–H and O–H groups in total. The van der Waals surface area contributed by atoms with Crippen molar-refractivity contribution in [1.29, 1.82) is 0 Å². The van der Waals surface area contributed by atoms with Crippen LogP contribution in [0, 0.1) is 5.92 Å². The summed E-state index contributed by atoms with van der Waals surface area (Å²) in [7, 11) is 0. The lowest BCUT2D eigenvalue weighted by atomic mass is 9.99. The summed E-state index contributed by atoms with van der Waals surface area (Å²) >= 11 is 0. The van der Waals surface area contributed by atoms with Gasteiger partial charge in [0.2, 0.25) is 0 Å².